The minimum atomic E-state index is -0.358. The number of rotatable bonds is 6. The summed E-state index contributed by atoms with van der Waals surface area (Å²) in [4.78, 5) is 12.5. The fraction of sp³-hybridized carbons (Fsp3) is 0.143. The van der Waals surface area contributed by atoms with Crippen LogP contribution in [0.3, 0.4) is 0 Å². The Hall–Kier alpha value is -3.94. The highest BCUT2D eigenvalue weighted by atomic mass is 16.5. The molecule has 1 N–H and O–H groups in total. The van der Waals surface area contributed by atoms with Gasteiger partial charge in [-0.25, -0.2) is 0 Å². The molecule has 0 radical (unpaired) electrons. The van der Waals surface area contributed by atoms with Gasteiger partial charge in [-0.1, -0.05) is 23.3 Å². The van der Waals surface area contributed by atoms with E-state index in [9.17, 15) is 4.79 Å². The van der Waals surface area contributed by atoms with Crippen LogP contribution in [-0.2, 0) is 0 Å². The fourth-order valence-electron chi connectivity index (χ4n) is 2.74. The van der Waals surface area contributed by atoms with Crippen molar-refractivity contribution in [2.24, 2.45) is 0 Å². The molecule has 0 saturated heterocycles. The highest BCUT2D eigenvalue weighted by Crippen LogP contribution is 2.23. The van der Waals surface area contributed by atoms with Gasteiger partial charge in [0.25, 0.3) is 11.8 Å². The van der Waals surface area contributed by atoms with Crippen LogP contribution in [0.1, 0.15) is 30.2 Å². The minimum Gasteiger partial charge on any atom is -0.457 e. The van der Waals surface area contributed by atoms with E-state index < -0.39 is 0 Å². The van der Waals surface area contributed by atoms with Gasteiger partial charge in [-0.2, -0.15) is 5.10 Å². The number of ether oxygens (including phenoxy) is 1. The molecule has 8 heteroatoms. The van der Waals surface area contributed by atoms with Gasteiger partial charge >= 0.3 is 6.01 Å². The van der Waals surface area contributed by atoms with E-state index in [4.69, 9.17) is 9.15 Å². The molecule has 0 aliphatic heterocycles. The van der Waals surface area contributed by atoms with Gasteiger partial charge in [-0.15, -0.1) is 5.10 Å². The summed E-state index contributed by atoms with van der Waals surface area (Å²) in [6, 6.07) is 18.1. The molecular formula is C21H19N5O3. The number of amides is 1. The van der Waals surface area contributed by atoms with Crippen molar-refractivity contribution >= 4 is 11.9 Å². The molecule has 0 bridgehead atoms. The lowest BCUT2D eigenvalue weighted by atomic mass is 10.2. The highest BCUT2D eigenvalue weighted by molar-refractivity contribution is 6.03. The number of hydrogen-bond donors (Lipinski definition) is 1. The van der Waals surface area contributed by atoms with E-state index in [2.05, 4.69) is 20.6 Å². The average molecular weight is 389 g/mol. The van der Waals surface area contributed by atoms with E-state index in [1.54, 1.807) is 41.2 Å². The molecular weight excluding hydrogens is 370 g/mol. The standard InChI is InChI=1S/C21H19N5O3/c1-14(2)26-18(12-13-22-26)20-24-25-21(29-20)23-19(27)15-8-10-17(11-9-15)28-16-6-4-3-5-7-16/h3-14H,1-2H3,(H,23,25,27). The Bertz CT molecular complexity index is 1100. The fourth-order valence-corrected chi connectivity index (χ4v) is 2.74. The maximum atomic E-state index is 12.5. The molecule has 0 spiro atoms. The van der Waals surface area contributed by atoms with Crippen molar-refractivity contribution in [2.45, 2.75) is 19.9 Å². The van der Waals surface area contributed by atoms with Crippen LogP contribution < -0.4 is 10.1 Å². The molecule has 8 nitrogen and oxygen atoms in total. The molecule has 0 saturated carbocycles. The van der Waals surface area contributed by atoms with Crippen LogP contribution in [-0.4, -0.2) is 25.9 Å². The third kappa shape index (κ3) is 4.16. The first-order valence-electron chi connectivity index (χ1n) is 9.12. The van der Waals surface area contributed by atoms with Crippen LogP contribution in [0.4, 0.5) is 6.01 Å². The summed E-state index contributed by atoms with van der Waals surface area (Å²) in [6.45, 7) is 4.00. The van der Waals surface area contributed by atoms with Gasteiger partial charge in [0, 0.05) is 17.8 Å². The van der Waals surface area contributed by atoms with Crippen molar-refractivity contribution < 1.29 is 13.9 Å². The molecule has 4 rings (SSSR count). The van der Waals surface area contributed by atoms with Crippen LogP contribution >= 0.6 is 0 Å². The molecule has 0 unspecified atom stereocenters. The van der Waals surface area contributed by atoms with Gasteiger partial charge in [-0.3, -0.25) is 14.8 Å². The number of anilines is 1. The molecule has 2 aromatic carbocycles. The minimum absolute atomic E-state index is 0.0196. The molecule has 0 atom stereocenters. The normalized spacial score (nSPS) is 10.9. The van der Waals surface area contributed by atoms with E-state index in [0.717, 1.165) is 5.75 Å². The molecule has 0 fully saturated rings. The number of nitrogens with one attached hydrogen (secondary N) is 1. The molecule has 4 aromatic rings. The van der Waals surface area contributed by atoms with Crippen molar-refractivity contribution in [1.29, 1.82) is 0 Å². The van der Waals surface area contributed by atoms with E-state index in [1.807, 2.05) is 44.2 Å². The second-order valence-electron chi connectivity index (χ2n) is 6.56. The first-order valence-corrected chi connectivity index (χ1v) is 9.12. The smallest absolute Gasteiger partial charge is 0.322 e. The molecule has 29 heavy (non-hydrogen) atoms. The zero-order chi connectivity index (χ0) is 20.2. The average Bonchev–Trinajstić information content (AvgIpc) is 3.38. The number of carbonyl (C=O) groups is 1. The Balaban J connectivity index is 1.43. The van der Waals surface area contributed by atoms with Gasteiger partial charge in [0.15, 0.2) is 0 Å². The number of carbonyl (C=O) groups excluding carboxylic acids is 1. The Labute approximate surface area is 167 Å². The number of hydrogen-bond acceptors (Lipinski definition) is 6. The van der Waals surface area contributed by atoms with Gasteiger partial charge in [0.2, 0.25) is 0 Å². The third-order valence-corrected chi connectivity index (χ3v) is 4.12. The van der Waals surface area contributed by atoms with Crippen molar-refractivity contribution in [3.63, 3.8) is 0 Å². The maximum absolute atomic E-state index is 12.5. The van der Waals surface area contributed by atoms with Gasteiger partial charge < -0.3 is 9.15 Å². The maximum Gasteiger partial charge on any atom is 0.322 e. The van der Waals surface area contributed by atoms with E-state index in [1.165, 1.54) is 0 Å². The third-order valence-electron chi connectivity index (χ3n) is 4.12. The predicted octanol–water partition coefficient (Wildman–Crippen LogP) is 4.56. The van der Waals surface area contributed by atoms with Gasteiger partial charge in [-0.05, 0) is 56.3 Å². The van der Waals surface area contributed by atoms with E-state index in [0.29, 0.717) is 17.0 Å². The number of para-hydroxylation sites is 1. The summed E-state index contributed by atoms with van der Waals surface area (Å²) in [5.74, 6) is 1.29. The van der Waals surface area contributed by atoms with Crippen molar-refractivity contribution in [3.05, 3.63) is 72.4 Å². The molecule has 0 aliphatic carbocycles. The van der Waals surface area contributed by atoms with Crippen LogP contribution in [0, 0.1) is 0 Å². The monoisotopic (exact) mass is 389 g/mol. The molecule has 0 aliphatic rings. The lowest BCUT2D eigenvalue weighted by molar-refractivity contribution is 0.102. The second kappa shape index (κ2) is 7.97. The van der Waals surface area contributed by atoms with E-state index >= 15 is 0 Å². The zero-order valence-corrected chi connectivity index (χ0v) is 15.9. The Morgan fingerprint density at radius 2 is 1.72 bits per heavy atom. The van der Waals surface area contributed by atoms with E-state index in [-0.39, 0.29) is 23.9 Å². The summed E-state index contributed by atoms with van der Waals surface area (Å²) >= 11 is 0. The first-order chi connectivity index (χ1) is 14.1. The van der Waals surface area contributed by atoms with Crippen molar-refractivity contribution in [3.8, 4) is 23.1 Å². The highest BCUT2D eigenvalue weighted by Gasteiger charge is 2.17. The topological polar surface area (TPSA) is 95.1 Å². The first kappa shape index (κ1) is 18.4. The molecule has 1 amide bonds. The lowest BCUT2D eigenvalue weighted by Gasteiger charge is -2.07. The van der Waals surface area contributed by atoms with Crippen molar-refractivity contribution in [2.75, 3.05) is 5.32 Å². The second-order valence-corrected chi connectivity index (χ2v) is 6.56. The van der Waals surface area contributed by atoms with Gasteiger partial charge in [0.05, 0.1) is 0 Å². The van der Waals surface area contributed by atoms with Crippen LogP contribution in [0.5, 0.6) is 11.5 Å². The summed E-state index contributed by atoms with van der Waals surface area (Å²) < 4.78 is 13.1. The quantitative estimate of drug-likeness (QED) is 0.519. The predicted molar refractivity (Wildman–Crippen MR) is 107 cm³/mol. The SMILES string of the molecule is CC(C)n1nccc1-c1nnc(NC(=O)c2ccc(Oc3ccccc3)cc2)o1. The summed E-state index contributed by atoms with van der Waals surface area (Å²) in [6.07, 6.45) is 1.66. The summed E-state index contributed by atoms with van der Waals surface area (Å²) in [5.41, 5.74) is 1.13. The van der Waals surface area contributed by atoms with Crippen LogP contribution in [0.25, 0.3) is 11.6 Å². The summed E-state index contributed by atoms with van der Waals surface area (Å²) in [7, 11) is 0. The van der Waals surface area contributed by atoms with Crippen LogP contribution in [0.15, 0.2) is 71.3 Å². The largest absolute Gasteiger partial charge is 0.457 e. The summed E-state index contributed by atoms with van der Waals surface area (Å²) in [5, 5.41) is 14.7. The molecule has 2 heterocycles. The molecule has 146 valence electrons. The van der Waals surface area contributed by atoms with Gasteiger partial charge in [0.1, 0.15) is 17.2 Å². The Morgan fingerprint density at radius 1 is 1.00 bits per heavy atom. The number of benzene rings is 2. The van der Waals surface area contributed by atoms with Crippen molar-refractivity contribution in [1.82, 2.24) is 20.0 Å². The number of aromatic nitrogens is 4. The molecule has 2 aromatic heterocycles. The Morgan fingerprint density at radius 3 is 2.45 bits per heavy atom. The number of nitrogens with zero attached hydrogens (tertiary/aromatic N) is 4. The Kier molecular flexibility index (Phi) is 5.07. The van der Waals surface area contributed by atoms with Crippen LogP contribution in [0.2, 0.25) is 0 Å². The zero-order valence-electron chi connectivity index (χ0n) is 15.9. The lowest BCUT2D eigenvalue weighted by Crippen LogP contribution is -2.11.